The molecule has 2 atom stereocenters. The number of halogens is 5. The number of hydrogen-bond acceptors (Lipinski definition) is 7. The number of nitrogens with one attached hydrogen (secondary N) is 1. The Kier molecular flexibility index (Phi) is 11.8. The molecule has 1 saturated carbocycles. The number of piperidine rings is 3. The first-order chi connectivity index (χ1) is 26.1. The molecule has 4 aliphatic rings. The number of fused-ring (bicyclic) bond motifs is 3. The summed E-state index contributed by atoms with van der Waals surface area (Å²) in [6.45, 7) is -0.268. The molecule has 1 amide bonds. The number of ether oxygens (including phenoxy) is 4. The quantitative estimate of drug-likeness (QED) is 0.118. The van der Waals surface area contributed by atoms with Crippen LogP contribution < -0.4 is 19.4 Å². The smallest absolute Gasteiger partial charge is 0.415 e. The standard InChI is InChI=1S/C40H38Cl2F3N3O6/c41-30-19-46-20-31(42)29(30)18-35(27-10-11-34(53-39(44)45)36(17-27)51-23-24-8-9-24)52-38(49)28-5-3-4-25(16-28)21-48(33-7-2-1-6-32(33)43)40(50)54-37-22-47-14-12-26(37)13-15-47/h1-7,10-11,16-17,19-20,24,26,35,37,39H,8-9,12-15,18,21-23H2/p+1/t35-,37-/m0/s1. The Balaban J connectivity index is 1.15. The second-order valence-corrected chi connectivity index (χ2v) is 14.7. The molecule has 9 nitrogen and oxygen atoms in total. The highest BCUT2D eigenvalue weighted by molar-refractivity contribution is 6.35. The van der Waals surface area contributed by atoms with Crippen LogP contribution in [-0.2, 0) is 22.4 Å². The number of pyridine rings is 1. The second kappa shape index (κ2) is 16.9. The number of aromatic nitrogens is 1. The molecule has 14 heteroatoms. The summed E-state index contributed by atoms with van der Waals surface area (Å²) < 4.78 is 64.5. The average molecular weight is 786 g/mol. The predicted molar refractivity (Wildman–Crippen MR) is 195 cm³/mol. The van der Waals surface area contributed by atoms with Crippen LogP contribution in [0.3, 0.4) is 0 Å². The summed E-state index contributed by atoms with van der Waals surface area (Å²) in [7, 11) is 0. The van der Waals surface area contributed by atoms with Gasteiger partial charge in [0.15, 0.2) is 23.9 Å². The van der Waals surface area contributed by atoms with Crippen LogP contribution in [0.5, 0.6) is 11.5 Å². The molecule has 284 valence electrons. The van der Waals surface area contributed by atoms with E-state index in [0.29, 0.717) is 45.8 Å². The third-order valence-corrected chi connectivity index (χ3v) is 10.8. The van der Waals surface area contributed by atoms with Crippen LogP contribution in [0.1, 0.15) is 58.8 Å². The number of para-hydroxylation sites is 1. The van der Waals surface area contributed by atoms with Gasteiger partial charge in [-0.25, -0.2) is 19.0 Å². The maximum absolute atomic E-state index is 15.2. The topological polar surface area (TPSA) is 91.7 Å². The van der Waals surface area contributed by atoms with Gasteiger partial charge in [-0.05, 0) is 98.1 Å². The molecule has 2 bridgehead atoms. The SMILES string of the molecule is O=C(O[C@@H](Cc1c(Cl)c[nH+]cc1Cl)c1ccc(OC(F)F)c(OCC2CC2)c1)c1cccc(CN(C(=O)O[C@H]2CN3CCC2CC3)c2ccccc2F)c1. The minimum atomic E-state index is -3.07. The summed E-state index contributed by atoms with van der Waals surface area (Å²) in [5, 5.41) is 0.596. The van der Waals surface area contributed by atoms with Gasteiger partial charge in [0.25, 0.3) is 0 Å². The van der Waals surface area contributed by atoms with Gasteiger partial charge in [-0.2, -0.15) is 8.78 Å². The number of anilines is 1. The van der Waals surface area contributed by atoms with E-state index in [-0.39, 0.29) is 47.7 Å². The Morgan fingerprint density at radius 1 is 0.926 bits per heavy atom. The summed E-state index contributed by atoms with van der Waals surface area (Å²) >= 11 is 13.0. The molecular weight excluding hydrogens is 746 g/mol. The van der Waals surface area contributed by atoms with Crippen molar-refractivity contribution in [3.8, 4) is 11.5 Å². The maximum Gasteiger partial charge on any atom is 0.415 e. The third kappa shape index (κ3) is 9.22. The van der Waals surface area contributed by atoms with Crippen LogP contribution in [0.25, 0.3) is 0 Å². The minimum absolute atomic E-state index is 0.0292. The summed E-state index contributed by atoms with van der Waals surface area (Å²) in [5.74, 6) is -0.812. The van der Waals surface area contributed by atoms with Gasteiger partial charge in [-0.1, -0.05) is 53.5 Å². The molecule has 3 aliphatic heterocycles. The molecule has 1 aliphatic carbocycles. The number of benzene rings is 3. The van der Waals surface area contributed by atoms with Crippen LogP contribution in [0.15, 0.2) is 79.1 Å². The molecule has 3 aromatic carbocycles. The van der Waals surface area contributed by atoms with E-state index in [0.717, 1.165) is 38.8 Å². The summed E-state index contributed by atoms with van der Waals surface area (Å²) in [5.41, 5.74) is 1.62. The monoisotopic (exact) mass is 784 g/mol. The number of alkyl halides is 2. The lowest BCUT2D eigenvalue weighted by Gasteiger charge is -2.44. The number of amides is 1. The van der Waals surface area contributed by atoms with Crippen molar-refractivity contribution < 1.29 is 46.7 Å². The van der Waals surface area contributed by atoms with Gasteiger partial charge in [0.05, 0.1) is 24.4 Å². The van der Waals surface area contributed by atoms with Crippen molar-refractivity contribution in [2.75, 3.05) is 31.1 Å². The summed E-state index contributed by atoms with van der Waals surface area (Å²) in [6, 6.07) is 16.8. The predicted octanol–water partition coefficient (Wildman–Crippen LogP) is 8.72. The zero-order chi connectivity index (χ0) is 37.8. The Labute approximate surface area is 320 Å². The molecule has 3 saturated heterocycles. The Morgan fingerprint density at radius 3 is 2.37 bits per heavy atom. The fourth-order valence-electron chi connectivity index (χ4n) is 6.94. The number of nitrogens with zero attached hydrogens (tertiary/aromatic N) is 2. The van der Waals surface area contributed by atoms with E-state index in [2.05, 4.69) is 9.88 Å². The van der Waals surface area contributed by atoms with Crippen molar-refractivity contribution in [2.45, 2.75) is 57.5 Å². The normalized spacial score (nSPS) is 19.6. The van der Waals surface area contributed by atoms with Crippen LogP contribution in [-0.4, -0.2) is 55.9 Å². The number of aromatic amines is 1. The van der Waals surface area contributed by atoms with Crippen LogP contribution >= 0.6 is 23.2 Å². The van der Waals surface area contributed by atoms with Gasteiger partial charge in [0, 0.05) is 18.5 Å². The summed E-state index contributed by atoms with van der Waals surface area (Å²) in [6.07, 6.45) is 4.95. The van der Waals surface area contributed by atoms with E-state index >= 15 is 4.39 Å². The van der Waals surface area contributed by atoms with E-state index < -0.39 is 30.6 Å². The van der Waals surface area contributed by atoms with Crippen molar-refractivity contribution >= 4 is 41.0 Å². The lowest BCUT2D eigenvalue weighted by atomic mass is 9.86. The van der Waals surface area contributed by atoms with Crippen molar-refractivity contribution in [1.82, 2.24) is 4.90 Å². The van der Waals surface area contributed by atoms with E-state index in [1.807, 2.05) is 0 Å². The molecule has 1 aromatic heterocycles. The molecule has 4 heterocycles. The van der Waals surface area contributed by atoms with Crippen molar-refractivity contribution in [3.05, 3.63) is 117 Å². The number of carbonyl (C=O) groups is 2. The van der Waals surface area contributed by atoms with Gasteiger partial charge in [-0.3, -0.25) is 9.80 Å². The molecule has 0 unspecified atom stereocenters. The average Bonchev–Trinajstić information content (AvgIpc) is 4.00. The van der Waals surface area contributed by atoms with Crippen molar-refractivity contribution in [2.24, 2.45) is 11.8 Å². The van der Waals surface area contributed by atoms with E-state index in [4.69, 9.17) is 42.1 Å². The fourth-order valence-corrected chi connectivity index (χ4v) is 7.47. The molecule has 4 aromatic rings. The van der Waals surface area contributed by atoms with Gasteiger partial charge < -0.3 is 18.9 Å². The van der Waals surface area contributed by atoms with E-state index in [1.165, 1.54) is 47.6 Å². The van der Waals surface area contributed by atoms with Gasteiger partial charge >= 0.3 is 18.7 Å². The van der Waals surface area contributed by atoms with Crippen molar-refractivity contribution in [1.29, 1.82) is 0 Å². The zero-order valence-corrected chi connectivity index (χ0v) is 30.7. The molecule has 1 N–H and O–H groups in total. The van der Waals surface area contributed by atoms with Crippen LogP contribution in [0, 0.1) is 17.7 Å². The number of esters is 1. The second-order valence-electron chi connectivity index (χ2n) is 13.9. The highest BCUT2D eigenvalue weighted by Gasteiger charge is 2.38. The van der Waals surface area contributed by atoms with Crippen LogP contribution in [0.2, 0.25) is 10.0 Å². The van der Waals surface area contributed by atoms with E-state index in [9.17, 15) is 18.4 Å². The Hall–Kier alpha value is -4.52. The number of rotatable bonds is 14. The Bertz CT molecular complexity index is 1960. The molecule has 0 spiro atoms. The molecule has 8 rings (SSSR count). The van der Waals surface area contributed by atoms with Crippen LogP contribution in [0.4, 0.5) is 23.7 Å². The zero-order valence-electron chi connectivity index (χ0n) is 29.2. The molecular formula is C40H39Cl2F3N3O6+. The highest BCUT2D eigenvalue weighted by atomic mass is 35.5. The minimum Gasteiger partial charge on any atom is -0.489 e. The number of H-pyrrole nitrogens is 1. The lowest BCUT2D eigenvalue weighted by molar-refractivity contribution is -0.377. The highest BCUT2D eigenvalue weighted by Crippen LogP contribution is 2.38. The summed E-state index contributed by atoms with van der Waals surface area (Å²) in [4.78, 5) is 34.0. The fraction of sp³-hybridized carbons (Fsp3) is 0.375. The first-order valence-electron chi connectivity index (χ1n) is 17.9. The van der Waals surface area contributed by atoms with Gasteiger partial charge in [0.1, 0.15) is 28.1 Å². The van der Waals surface area contributed by atoms with Gasteiger partial charge in [-0.15, -0.1) is 0 Å². The molecule has 54 heavy (non-hydrogen) atoms. The molecule has 4 fully saturated rings. The molecule has 0 radical (unpaired) electrons. The maximum atomic E-state index is 15.2. The van der Waals surface area contributed by atoms with Crippen molar-refractivity contribution in [3.63, 3.8) is 0 Å². The lowest BCUT2D eigenvalue weighted by Crippen LogP contribution is -2.53. The first-order valence-corrected chi connectivity index (χ1v) is 18.7. The Morgan fingerprint density at radius 2 is 1.69 bits per heavy atom. The third-order valence-electron chi connectivity index (χ3n) is 10.1. The number of hydrogen-bond donors (Lipinski definition) is 0. The first kappa shape index (κ1) is 37.8. The number of carbonyl (C=O) groups excluding carboxylic acids is 2. The van der Waals surface area contributed by atoms with Gasteiger partial charge in [0.2, 0.25) is 0 Å². The largest absolute Gasteiger partial charge is 0.489 e. The van der Waals surface area contributed by atoms with E-state index in [1.54, 1.807) is 36.4 Å².